The normalized spacial score (nSPS) is 17.4. The maximum atomic E-state index is 4.49. The van der Waals surface area contributed by atoms with Crippen molar-refractivity contribution in [2.24, 2.45) is 0 Å². The third-order valence-corrected chi connectivity index (χ3v) is 3.22. The first kappa shape index (κ1) is 10.3. The highest BCUT2D eigenvalue weighted by Gasteiger charge is 2.15. The molecule has 0 fully saturated rings. The quantitative estimate of drug-likeness (QED) is 0.840. The van der Waals surface area contributed by atoms with Crippen molar-refractivity contribution in [3.63, 3.8) is 0 Å². The van der Waals surface area contributed by atoms with Crippen LogP contribution in [-0.4, -0.2) is 31.4 Å². The Kier molecular flexibility index (Phi) is 2.11. The van der Waals surface area contributed by atoms with Crippen LogP contribution in [-0.2, 0) is 0 Å². The van der Waals surface area contributed by atoms with Gasteiger partial charge in [0, 0.05) is 24.0 Å². The SMILES string of the molecule is C1=CC2=CC(c3nc4ncncc4[nH]3)=CCN2C=C1. The predicted molar refractivity (Wildman–Crippen MR) is 72.7 cm³/mol. The van der Waals surface area contributed by atoms with Gasteiger partial charge in [0.05, 0.1) is 6.20 Å². The first-order chi connectivity index (χ1) is 9.40. The van der Waals surface area contributed by atoms with Gasteiger partial charge in [0.25, 0.3) is 0 Å². The summed E-state index contributed by atoms with van der Waals surface area (Å²) in [7, 11) is 0. The van der Waals surface area contributed by atoms with Gasteiger partial charge in [-0.2, -0.15) is 0 Å². The Hall–Kier alpha value is -2.69. The highest BCUT2D eigenvalue weighted by Crippen LogP contribution is 2.25. The van der Waals surface area contributed by atoms with Crippen LogP contribution in [0, 0.1) is 0 Å². The van der Waals surface area contributed by atoms with E-state index in [1.165, 1.54) is 12.0 Å². The van der Waals surface area contributed by atoms with Gasteiger partial charge < -0.3 is 9.88 Å². The second-order valence-electron chi connectivity index (χ2n) is 4.43. The molecule has 5 nitrogen and oxygen atoms in total. The number of nitrogens with zero attached hydrogens (tertiary/aromatic N) is 4. The number of hydrogen-bond acceptors (Lipinski definition) is 4. The molecule has 19 heavy (non-hydrogen) atoms. The van der Waals surface area contributed by atoms with E-state index in [0.717, 1.165) is 23.5 Å². The van der Waals surface area contributed by atoms with Gasteiger partial charge in [-0.25, -0.2) is 15.0 Å². The van der Waals surface area contributed by atoms with Gasteiger partial charge in [-0.05, 0) is 18.2 Å². The fourth-order valence-electron chi connectivity index (χ4n) is 2.27. The van der Waals surface area contributed by atoms with E-state index >= 15 is 0 Å². The summed E-state index contributed by atoms with van der Waals surface area (Å²) in [4.78, 5) is 18.1. The molecule has 2 aliphatic rings. The Labute approximate surface area is 109 Å². The third-order valence-electron chi connectivity index (χ3n) is 3.22. The van der Waals surface area contributed by atoms with Gasteiger partial charge in [-0.3, -0.25) is 0 Å². The van der Waals surface area contributed by atoms with Crippen LogP contribution in [0.5, 0.6) is 0 Å². The summed E-state index contributed by atoms with van der Waals surface area (Å²) in [5.41, 5.74) is 3.82. The smallest absolute Gasteiger partial charge is 0.181 e. The summed E-state index contributed by atoms with van der Waals surface area (Å²) in [6.45, 7) is 0.852. The van der Waals surface area contributed by atoms with Crippen molar-refractivity contribution < 1.29 is 0 Å². The maximum Gasteiger partial charge on any atom is 0.181 e. The van der Waals surface area contributed by atoms with Crippen LogP contribution in [0.15, 0.2) is 54.8 Å². The molecular formula is C14H11N5. The predicted octanol–water partition coefficient (Wildman–Crippen LogP) is 2.02. The summed E-state index contributed by atoms with van der Waals surface area (Å²) in [6, 6.07) is 0. The lowest BCUT2D eigenvalue weighted by Gasteiger charge is -2.25. The summed E-state index contributed by atoms with van der Waals surface area (Å²) in [5.74, 6) is 0.839. The van der Waals surface area contributed by atoms with Gasteiger partial charge in [-0.1, -0.05) is 12.2 Å². The van der Waals surface area contributed by atoms with E-state index in [1.54, 1.807) is 6.20 Å². The molecule has 0 spiro atoms. The number of imidazole rings is 1. The summed E-state index contributed by atoms with van der Waals surface area (Å²) >= 11 is 0. The van der Waals surface area contributed by atoms with E-state index in [0.29, 0.717) is 5.65 Å². The molecule has 0 atom stereocenters. The zero-order valence-electron chi connectivity index (χ0n) is 10.1. The molecule has 4 rings (SSSR count). The number of rotatable bonds is 1. The second kappa shape index (κ2) is 3.91. The molecule has 0 aliphatic carbocycles. The minimum absolute atomic E-state index is 0.700. The largest absolute Gasteiger partial charge is 0.344 e. The van der Waals surface area contributed by atoms with Crippen LogP contribution in [0.3, 0.4) is 0 Å². The van der Waals surface area contributed by atoms with Crippen molar-refractivity contribution in [2.75, 3.05) is 6.54 Å². The Bertz CT molecular complexity index is 730. The topological polar surface area (TPSA) is 57.7 Å². The lowest BCUT2D eigenvalue weighted by atomic mass is 10.1. The van der Waals surface area contributed by atoms with Gasteiger partial charge in [0.1, 0.15) is 17.7 Å². The van der Waals surface area contributed by atoms with Crippen LogP contribution >= 0.6 is 0 Å². The zero-order chi connectivity index (χ0) is 12.7. The van der Waals surface area contributed by atoms with Crippen LogP contribution < -0.4 is 0 Å². The number of nitrogens with one attached hydrogen (secondary N) is 1. The van der Waals surface area contributed by atoms with Crippen LogP contribution in [0.1, 0.15) is 5.82 Å². The second-order valence-corrected chi connectivity index (χ2v) is 4.43. The Morgan fingerprint density at radius 1 is 1.26 bits per heavy atom. The van der Waals surface area contributed by atoms with Crippen molar-refractivity contribution >= 4 is 16.7 Å². The maximum absolute atomic E-state index is 4.49. The number of allylic oxidation sites excluding steroid dienone is 5. The molecular weight excluding hydrogens is 238 g/mol. The van der Waals surface area contributed by atoms with Gasteiger partial charge >= 0.3 is 0 Å². The molecule has 0 saturated heterocycles. The molecule has 0 aromatic carbocycles. The summed E-state index contributed by atoms with van der Waals surface area (Å²) in [6.07, 6.45) is 15.8. The Balaban J connectivity index is 1.77. The molecule has 5 heteroatoms. The minimum Gasteiger partial charge on any atom is -0.344 e. The molecule has 4 heterocycles. The Morgan fingerprint density at radius 3 is 3.21 bits per heavy atom. The fourth-order valence-corrected chi connectivity index (χ4v) is 2.27. The third kappa shape index (κ3) is 1.67. The van der Waals surface area contributed by atoms with Crippen LogP contribution in [0.4, 0.5) is 0 Å². The van der Waals surface area contributed by atoms with E-state index in [-0.39, 0.29) is 0 Å². The first-order valence-corrected chi connectivity index (χ1v) is 6.10. The highest BCUT2D eigenvalue weighted by molar-refractivity contribution is 5.79. The van der Waals surface area contributed by atoms with Crippen LogP contribution in [0.25, 0.3) is 16.7 Å². The lowest BCUT2D eigenvalue weighted by Crippen LogP contribution is -2.20. The molecule has 0 saturated carbocycles. The number of H-pyrrole nitrogens is 1. The zero-order valence-corrected chi connectivity index (χ0v) is 10.1. The monoisotopic (exact) mass is 249 g/mol. The van der Waals surface area contributed by atoms with E-state index < -0.39 is 0 Å². The van der Waals surface area contributed by atoms with E-state index in [4.69, 9.17) is 0 Å². The van der Waals surface area contributed by atoms with E-state index in [1.807, 2.05) is 12.2 Å². The number of fused-ring (bicyclic) bond motifs is 2. The van der Waals surface area contributed by atoms with Gasteiger partial charge in [-0.15, -0.1) is 0 Å². The van der Waals surface area contributed by atoms with Crippen molar-refractivity contribution in [1.29, 1.82) is 0 Å². The van der Waals surface area contributed by atoms with Gasteiger partial charge in [0.15, 0.2) is 5.65 Å². The van der Waals surface area contributed by atoms with Crippen molar-refractivity contribution in [1.82, 2.24) is 24.8 Å². The molecule has 2 aromatic rings. The number of aromatic amines is 1. The lowest BCUT2D eigenvalue weighted by molar-refractivity contribution is 0.525. The Morgan fingerprint density at radius 2 is 2.26 bits per heavy atom. The van der Waals surface area contributed by atoms with Crippen molar-refractivity contribution in [3.05, 3.63) is 60.6 Å². The van der Waals surface area contributed by atoms with Gasteiger partial charge in [0.2, 0.25) is 0 Å². The van der Waals surface area contributed by atoms with E-state index in [9.17, 15) is 0 Å². The molecule has 0 radical (unpaired) electrons. The standard InChI is InChI=1S/C14H11N5/c1-2-5-19-6-4-10(7-11(19)3-1)13-17-12-8-15-9-16-14(12)18-13/h1-5,7-9H,6H2,(H,15,16,17,18). The molecule has 2 aliphatic heterocycles. The fraction of sp³-hybridized carbons (Fsp3) is 0.0714. The molecule has 92 valence electrons. The van der Waals surface area contributed by atoms with Crippen molar-refractivity contribution in [3.8, 4) is 0 Å². The molecule has 2 aromatic heterocycles. The highest BCUT2D eigenvalue weighted by atomic mass is 15.1. The molecule has 0 amide bonds. The average molecular weight is 249 g/mol. The number of aromatic nitrogens is 4. The van der Waals surface area contributed by atoms with Crippen molar-refractivity contribution in [2.45, 2.75) is 0 Å². The van der Waals surface area contributed by atoms with Crippen LogP contribution in [0.2, 0.25) is 0 Å². The minimum atomic E-state index is 0.700. The molecule has 0 bridgehead atoms. The average Bonchev–Trinajstić information content (AvgIpc) is 2.90. The summed E-state index contributed by atoms with van der Waals surface area (Å²) in [5, 5.41) is 0. The summed E-state index contributed by atoms with van der Waals surface area (Å²) < 4.78 is 0. The number of hydrogen-bond donors (Lipinski definition) is 1. The first-order valence-electron chi connectivity index (χ1n) is 6.10. The van der Waals surface area contributed by atoms with E-state index in [2.05, 4.69) is 49.3 Å². The molecule has 0 unspecified atom stereocenters. The molecule has 1 N–H and O–H groups in total.